The molecule has 1 aliphatic carbocycles. The molecule has 0 bridgehead atoms. The van der Waals surface area contributed by atoms with Crippen molar-refractivity contribution >= 4 is 11.5 Å². The molecule has 2 N–H and O–H groups in total. The first-order chi connectivity index (χ1) is 10.3. The third kappa shape index (κ3) is 2.48. The van der Waals surface area contributed by atoms with Crippen molar-refractivity contribution in [2.24, 2.45) is 11.7 Å². The molecule has 0 aliphatic heterocycles. The van der Waals surface area contributed by atoms with Gasteiger partial charge in [-0.25, -0.2) is 4.98 Å². The molecule has 3 rings (SSSR count). The first-order valence-corrected chi connectivity index (χ1v) is 7.89. The van der Waals surface area contributed by atoms with Gasteiger partial charge in [0.25, 0.3) is 0 Å². The van der Waals surface area contributed by atoms with Gasteiger partial charge in [-0.05, 0) is 39.2 Å². The lowest BCUT2D eigenvalue weighted by Gasteiger charge is -2.39. The molecule has 2 atom stereocenters. The zero-order valence-corrected chi connectivity index (χ0v) is 12.9. The second kappa shape index (κ2) is 5.97. The maximum atomic E-state index is 6.00. The Balaban J connectivity index is 2.01. The highest BCUT2D eigenvalue weighted by atomic mass is 15.3. The third-order valence-corrected chi connectivity index (χ3v) is 4.66. The number of nitrogens with two attached hydrogens (primary N) is 1. The number of fused-ring (bicyclic) bond motifs is 1. The van der Waals surface area contributed by atoms with Gasteiger partial charge in [-0.3, -0.25) is 4.40 Å². The summed E-state index contributed by atoms with van der Waals surface area (Å²) in [6.45, 7) is 5.80. The highest BCUT2D eigenvalue weighted by molar-refractivity contribution is 5.64. The van der Waals surface area contributed by atoms with E-state index in [-0.39, 0.29) is 0 Å². The number of rotatable bonds is 4. The summed E-state index contributed by atoms with van der Waals surface area (Å²) in [7, 11) is 0. The summed E-state index contributed by atoms with van der Waals surface area (Å²) < 4.78 is 2.01. The van der Waals surface area contributed by atoms with Gasteiger partial charge >= 0.3 is 0 Å². The smallest absolute Gasteiger partial charge is 0.203 e. The van der Waals surface area contributed by atoms with Gasteiger partial charge in [0.1, 0.15) is 5.82 Å². The van der Waals surface area contributed by atoms with E-state index in [2.05, 4.69) is 27.0 Å². The number of aryl methyl sites for hydroxylation is 1. The Hall–Kier alpha value is -1.69. The van der Waals surface area contributed by atoms with Crippen LogP contribution in [0.25, 0.3) is 5.65 Å². The molecular formula is C15H24N6. The summed E-state index contributed by atoms with van der Waals surface area (Å²) in [4.78, 5) is 6.97. The molecule has 0 amide bonds. The standard InChI is InChI=1S/C15H24N6/c1-3-20(13-7-5-4-6-12(13)10-16)14-15-19-18-11(2)21(15)9-8-17-14/h8-9,12-13H,3-7,10,16H2,1-2H3. The largest absolute Gasteiger partial charge is 0.350 e. The van der Waals surface area contributed by atoms with Crippen molar-refractivity contribution in [2.45, 2.75) is 45.6 Å². The van der Waals surface area contributed by atoms with Crippen LogP contribution in [0.1, 0.15) is 38.4 Å². The van der Waals surface area contributed by atoms with E-state index in [4.69, 9.17) is 5.73 Å². The molecule has 6 nitrogen and oxygen atoms in total. The van der Waals surface area contributed by atoms with Gasteiger partial charge < -0.3 is 10.6 Å². The molecule has 0 aromatic carbocycles. The first-order valence-electron chi connectivity index (χ1n) is 7.89. The predicted molar refractivity (Wildman–Crippen MR) is 83.3 cm³/mol. The molecule has 1 fully saturated rings. The molecular weight excluding hydrogens is 264 g/mol. The molecule has 0 spiro atoms. The number of hydrogen-bond acceptors (Lipinski definition) is 5. The predicted octanol–water partition coefficient (Wildman–Crippen LogP) is 1.78. The Labute approximate surface area is 125 Å². The van der Waals surface area contributed by atoms with Crippen molar-refractivity contribution < 1.29 is 0 Å². The van der Waals surface area contributed by atoms with Crippen molar-refractivity contribution in [3.05, 3.63) is 18.2 Å². The Morgan fingerprint density at radius 2 is 2.14 bits per heavy atom. The fourth-order valence-electron chi connectivity index (χ4n) is 3.55. The van der Waals surface area contributed by atoms with Crippen molar-refractivity contribution in [2.75, 3.05) is 18.0 Å². The van der Waals surface area contributed by atoms with Gasteiger partial charge in [0, 0.05) is 25.0 Å². The average molecular weight is 288 g/mol. The van der Waals surface area contributed by atoms with Crippen LogP contribution < -0.4 is 10.6 Å². The van der Waals surface area contributed by atoms with Crippen molar-refractivity contribution in [3.8, 4) is 0 Å². The maximum absolute atomic E-state index is 6.00. The second-order valence-electron chi connectivity index (χ2n) is 5.83. The van der Waals surface area contributed by atoms with Gasteiger partial charge in [0.2, 0.25) is 5.65 Å². The number of aromatic nitrogens is 4. The van der Waals surface area contributed by atoms with Crippen LogP contribution in [-0.2, 0) is 0 Å². The van der Waals surface area contributed by atoms with Gasteiger partial charge in [-0.1, -0.05) is 12.8 Å². The molecule has 0 saturated heterocycles. The normalized spacial score (nSPS) is 22.6. The number of nitrogens with zero attached hydrogens (tertiary/aromatic N) is 5. The quantitative estimate of drug-likeness (QED) is 0.928. The Morgan fingerprint density at radius 1 is 1.33 bits per heavy atom. The van der Waals surface area contributed by atoms with Crippen LogP contribution >= 0.6 is 0 Å². The van der Waals surface area contributed by atoms with E-state index in [0.29, 0.717) is 12.0 Å². The van der Waals surface area contributed by atoms with E-state index in [1.165, 1.54) is 25.7 Å². The van der Waals surface area contributed by atoms with Gasteiger partial charge in [0.15, 0.2) is 5.82 Å². The summed E-state index contributed by atoms with van der Waals surface area (Å²) in [6, 6.07) is 0.462. The molecule has 2 unspecified atom stereocenters. The minimum absolute atomic E-state index is 0.462. The van der Waals surface area contributed by atoms with Gasteiger partial charge in [-0.2, -0.15) is 0 Å². The van der Waals surface area contributed by atoms with E-state index in [1.807, 2.05) is 23.7 Å². The van der Waals surface area contributed by atoms with Crippen LogP contribution in [-0.4, -0.2) is 38.7 Å². The minimum Gasteiger partial charge on any atom is -0.350 e. The monoisotopic (exact) mass is 288 g/mol. The van der Waals surface area contributed by atoms with E-state index in [9.17, 15) is 0 Å². The molecule has 2 heterocycles. The summed E-state index contributed by atoms with van der Waals surface area (Å²) in [5.41, 5.74) is 6.85. The summed E-state index contributed by atoms with van der Waals surface area (Å²) in [5, 5.41) is 8.49. The highest BCUT2D eigenvalue weighted by Crippen LogP contribution is 2.31. The topological polar surface area (TPSA) is 72.3 Å². The Kier molecular flexibility index (Phi) is 4.05. The number of hydrogen-bond donors (Lipinski definition) is 1. The van der Waals surface area contributed by atoms with Crippen LogP contribution in [0.2, 0.25) is 0 Å². The van der Waals surface area contributed by atoms with Crippen molar-refractivity contribution in [1.82, 2.24) is 19.6 Å². The molecule has 1 aliphatic rings. The lowest BCUT2D eigenvalue weighted by Crippen LogP contribution is -2.45. The molecule has 21 heavy (non-hydrogen) atoms. The molecule has 114 valence electrons. The maximum Gasteiger partial charge on any atom is 0.203 e. The molecule has 2 aromatic rings. The lowest BCUT2D eigenvalue weighted by atomic mass is 9.83. The molecule has 2 aromatic heterocycles. The van der Waals surface area contributed by atoms with Gasteiger partial charge in [0.05, 0.1) is 0 Å². The molecule has 6 heteroatoms. The zero-order chi connectivity index (χ0) is 14.8. The van der Waals surface area contributed by atoms with Crippen LogP contribution in [0, 0.1) is 12.8 Å². The van der Waals surface area contributed by atoms with E-state index >= 15 is 0 Å². The van der Waals surface area contributed by atoms with Crippen LogP contribution in [0.15, 0.2) is 12.4 Å². The van der Waals surface area contributed by atoms with Gasteiger partial charge in [-0.15, -0.1) is 10.2 Å². The van der Waals surface area contributed by atoms with Crippen LogP contribution in [0.5, 0.6) is 0 Å². The molecule has 0 radical (unpaired) electrons. The van der Waals surface area contributed by atoms with Crippen LogP contribution in [0.4, 0.5) is 5.82 Å². The summed E-state index contributed by atoms with van der Waals surface area (Å²) in [6.07, 6.45) is 8.72. The SMILES string of the molecule is CCN(c1nccn2c(C)nnc12)C1CCCCC1CN. The van der Waals surface area contributed by atoms with E-state index < -0.39 is 0 Å². The summed E-state index contributed by atoms with van der Waals surface area (Å²) in [5.74, 6) is 2.37. The minimum atomic E-state index is 0.462. The first kappa shape index (κ1) is 14.3. The average Bonchev–Trinajstić information content (AvgIpc) is 2.91. The zero-order valence-electron chi connectivity index (χ0n) is 12.9. The number of anilines is 1. The molecule has 1 saturated carbocycles. The fourth-order valence-corrected chi connectivity index (χ4v) is 3.55. The van der Waals surface area contributed by atoms with Crippen LogP contribution in [0.3, 0.4) is 0 Å². The van der Waals surface area contributed by atoms with Crippen molar-refractivity contribution in [3.63, 3.8) is 0 Å². The lowest BCUT2D eigenvalue weighted by molar-refractivity contribution is 0.300. The third-order valence-electron chi connectivity index (χ3n) is 4.66. The van der Waals surface area contributed by atoms with Crippen molar-refractivity contribution in [1.29, 1.82) is 0 Å². The van der Waals surface area contributed by atoms with E-state index in [1.54, 1.807) is 0 Å². The Morgan fingerprint density at radius 3 is 2.90 bits per heavy atom. The highest BCUT2D eigenvalue weighted by Gasteiger charge is 2.30. The summed E-state index contributed by atoms with van der Waals surface area (Å²) >= 11 is 0. The fraction of sp³-hybridized carbons (Fsp3) is 0.667. The van der Waals surface area contributed by atoms with E-state index in [0.717, 1.165) is 30.4 Å². The Bertz CT molecular complexity index is 607. The second-order valence-corrected chi connectivity index (χ2v) is 5.83.